The highest BCUT2D eigenvalue weighted by molar-refractivity contribution is 5.86. The first-order chi connectivity index (χ1) is 9.60. The zero-order valence-electron chi connectivity index (χ0n) is 11.7. The largest absolute Gasteiger partial charge is 0.354 e. The van der Waals surface area contributed by atoms with Crippen molar-refractivity contribution in [3.8, 4) is 0 Å². The summed E-state index contributed by atoms with van der Waals surface area (Å²) in [7, 11) is 0. The van der Waals surface area contributed by atoms with Gasteiger partial charge in [-0.25, -0.2) is 0 Å². The molecule has 3 heteroatoms. The zero-order chi connectivity index (χ0) is 14.4. The molecule has 0 saturated carbocycles. The molecule has 0 radical (unpaired) electrons. The first kappa shape index (κ1) is 14.3. The molecule has 0 bridgehead atoms. The minimum atomic E-state index is -1.00. The molecule has 20 heavy (non-hydrogen) atoms. The van der Waals surface area contributed by atoms with Crippen molar-refractivity contribution in [1.29, 1.82) is 0 Å². The standard InChI is InChI=1S/C17H20N2O/c1-17(18,15-10-6-3-7-11-15)16(20)19-13-12-14-8-4-2-5-9-14/h2-11H,12-13,18H2,1H3,(H,19,20). The Kier molecular flexibility index (Phi) is 4.53. The van der Waals surface area contributed by atoms with E-state index in [0.717, 1.165) is 12.0 Å². The summed E-state index contributed by atoms with van der Waals surface area (Å²) in [5.74, 6) is -0.153. The Morgan fingerprint density at radius 1 is 1.05 bits per heavy atom. The number of benzene rings is 2. The van der Waals surface area contributed by atoms with E-state index in [9.17, 15) is 4.79 Å². The van der Waals surface area contributed by atoms with Gasteiger partial charge < -0.3 is 11.1 Å². The van der Waals surface area contributed by atoms with Crippen LogP contribution in [0.3, 0.4) is 0 Å². The van der Waals surface area contributed by atoms with Gasteiger partial charge in [-0.3, -0.25) is 4.79 Å². The summed E-state index contributed by atoms with van der Waals surface area (Å²) in [6, 6.07) is 19.5. The van der Waals surface area contributed by atoms with E-state index >= 15 is 0 Å². The maximum Gasteiger partial charge on any atom is 0.244 e. The smallest absolute Gasteiger partial charge is 0.244 e. The third-order valence-corrected chi connectivity index (χ3v) is 3.39. The second-order valence-corrected chi connectivity index (χ2v) is 5.06. The van der Waals surface area contributed by atoms with E-state index in [1.165, 1.54) is 5.56 Å². The van der Waals surface area contributed by atoms with Crippen molar-refractivity contribution in [3.05, 3.63) is 71.8 Å². The third kappa shape index (κ3) is 3.45. The molecule has 0 fully saturated rings. The van der Waals surface area contributed by atoms with Gasteiger partial charge in [-0.15, -0.1) is 0 Å². The van der Waals surface area contributed by atoms with Crippen LogP contribution in [-0.4, -0.2) is 12.5 Å². The van der Waals surface area contributed by atoms with Crippen molar-refractivity contribution >= 4 is 5.91 Å². The van der Waals surface area contributed by atoms with Crippen molar-refractivity contribution < 1.29 is 4.79 Å². The van der Waals surface area contributed by atoms with E-state index in [2.05, 4.69) is 5.32 Å². The second kappa shape index (κ2) is 6.35. The fraction of sp³-hybridized carbons (Fsp3) is 0.235. The Morgan fingerprint density at radius 2 is 1.60 bits per heavy atom. The molecular weight excluding hydrogens is 248 g/mol. The van der Waals surface area contributed by atoms with Gasteiger partial charge in [0.2, 0.25) is 5.91 Å². The Balaban J connectivity index is 1.91. The predicted molar refractivity (Wildman–Crippen MR) is 81.1 cm³/mol. The molecule has 104 valence electrons. The van der Waals surface area contributed by atoms with Crippen LogP contribution in [0, 0.1) is 0 Å². The molecule has 0 saturated heterocycles. The van der Waals surface area contributed by atoms with Gasteiger partial charge in [0.05, 0.1) is 0 Å². The fourth-order valence-electron chi connectivity index (χ4n) is 2.06. The van der Waals surface area contributed by atoms with Crippen LogP contribution in [0.4, 0.5) is 0 Å². The quantitative estimate of drug-likeness (QED) is 0.873. The number of hydrogen-bond donors (Lipinski definition) is 2. The summed E-state index contributed by atoms with van der Waals surface area (Å²) in [5, 5.41) is 2.91. The van der Waals surface area contributed by atoms with Crippen LogP contribution in [0.1, 0.15) is 18.1 Å². The molecule has 1 unspecified atom stereocenters. The van der Waals surface area contributed by atoms with E-state index < -0.39 is 5.54 Å². The van der Waals surface area contributed by atoms with Gasteiger partial charge in [0.25, 0.3) is 0 Å². The lowest BCUT2D eigenvalue weighted by atomic mass is 9.92. The topological polar surface area (TPSA) is 55.1 Å². The van der Waals surface area contributed by atoms with Gasteiger partial charge >= 0.3 is 0 Å². The van der Waals surface area contributed by atoms with Crippen molar-refractivity contribution in [2.45, 2.75) is 18.9 Å². The molecule has 0 aliphatic carbocycles. The highest BCUT2D eigenvalue weighted by atomic mass is 16.2. The van der Waals surface area contributed by atoms with Gasteiger partial charge in [0, 0.05) is 6.54 Å². The molecule has 0 spiro atoms. The second-order valence-electron chi connectivity index (χ2n) is 5.06. The van der Waals surface area contributed by atoms with Crippen LogP contribution >= 0.6 is 0 Å². The van der Waals surface area contributed by atoms with Gasteiger partial charge in [-0.1, -0.05) is 60.7 Å². The molecule has 0 aliphatic heterocycles. The predicted octanol–water partition coefficient (Wildman–Crippen LogP) is 2.22. The lowest BCUT2D eigenvalue weighted by Gasteiger charge is -2.24. The van der Waals surface area contributed by atoms with Crippen molar-refractivity contribution in [1.82, 2.24) is 5.32 Å². The average Bonchev–Trinajstić information content (AvgIpc) is 2.49. The SMILES string of the molecule is CC(N)(C(=O)NCCc1ccccc1)c1ccccc1. The van der Waals surface area contributed by atoms with Crippen LogP contribution < -0.4 is 11.1 Å². The number of hydrogen-bond acceptors (Lipinski definition) is 2. The maximum absolute atomic E-state index is 12.2. The van der Waals surface area contributed by atoms with E-state index in [0.29, 0.717) is 6.54 Å². The molecule has 2 rings (SSSR count). The number of amides is 1. The molecular formula is C17H20N2O. The Morgan fingerprint density at radius 3 is 2.20 bits per heavy atom. The Hall–Kier alpha value is -2.13. The lowest BCUT2D eigenvalue weighted by Crippen LogP contribution is -2.49. The highest BCUT2D eigenvalue weighted by Gasteiger charge is 2.29. The van der Waals surface area contributed by atoms with Crippen LogP contribution in [0.5, 0.6) is 0 Å². The van der Waals surface area contributed by atoms with Crippen LogP contribution in [0.2, 0.25) is 0 Å². The van der Waals surface area contributed by atoms with Gasteiger partial charge in [0.15, 0.2) is 0 Å². The summed E-state index contributed by atoms with van der Waals surface area (Å²) in [4.78, 5) is 12.2. The van der Waals surface area contributed by atoms with Crippen molar-refractivity contribution in [2.24, 2.45) is 5.73 Å². The van der Waals surface area contributed by atoms with Gasteiger partial charge in [-0.05, 0) is 24.5 Å². The lowest BCUT2D eigenvalue weighted by molar-refractivity contribution is -0.126. The molecule has 1 atom stereocenters. The molecule has 3 N–H and O–H groups in total. The van der Waals surface area contributed by atoms with Crippen LogP contribution in [0.15, 0.2) is 60.7 Å². The number of carbonyl (C=O) groups excluding carboxylic acids is 1. The minimum absolute atomic E-state index is 0.153. The molecule has 0 aromatic heterocycles. The minimum Gasteiger partial charge on any atom is -0.354 e. The summed E-state index contributed by atoms with van der Waals surface area (Å²) < 4.78 is 0. The number of rotatable bonds is 5. The molecule has 2 aromatic carbocycles. The number of nitrogens with one attached hydrogen (secondary N) is 1. The Bertz CT molecular complexity index is 550. The zero-order valence-corrected chi connectivity index (χ0v) is 11.7. The molecule has 0 aliphatic rings. The Labute approximate surface area is 119 Å². The van der Waals surface area contributed by atoms with E-state index in [1.54, 1.807) is 6.92 Å². The average molecular weight is 268 g/mol. The first-order valence-corrected chi connectivity index (χ1v) is 6.77. The van der Waals surface area contributed by atoms with Crippen LogP contribution in [0.25, 0.3) is 0 Å². The van der Waals surface area contributed by atoms with Gasteiger partial charge in [-0.2, -0.15) is 0 Å². The number of carbonyl (C=O) groups is 1. The fourth-order valence-corrected chi connectivity index (χ4v) is 2.06. The first-order valence-electron chi connectivity index (χ1n) is 6.77. The van der Waals surface area contributed by atoms with E-state index in [1.807, 2.05) is 60.7 Å². The van der Waals surface area contributed by atoms with E-state index in [4.69, 9.17) is 5.73 Å². The molecule has 2 aromatic rings. The normalized spacial score (nSPS) is 13.5. The van der Waals surface area contributed by atoms with E-state index in [-0.39, 0.29) is 5.91 Å². The molecule has 3 nitrogen and oxygen atoms in total. The number of nitrogens with two attached hydrogens (primary N) is 1. The third-order valence-electron chi connectivity index (χ3n) is 3.39. The van der Waals surface area contributed by atoms with Crippen LogP contribution in [-0.2, 0) is 16.8 Å². The summed E-state index contributed by atoms with van der Waals surface area (Å²) >= 11 is 0. The van der Waals surface area contributed by atoms with Crippen molar-refractivity contribution in [2.75, 3.05) is 6.54 Å². The summed E-state index contributed by atoms with van der Waals surface area (Å²) in [6.45, 7) is 2.32. The molecule has 0 heterocycles. The summed E-state index contributed by atoms with van der Waals surface area (Å²) in [6.07, 6.45) is 0.803. The van der Waals surface area contributed by atoms with Gasteiger partial charge in [0.1, 0.15) is 5.54 Å². The monoisotopic (exact) mass is 268 g/mol. The molecule has 1 amide bonds. The highest BCUT2D eigenvalue weighted by Crippen LogP contribution is 2.17. The maximum atomic E-state index is 12.2. The van der Waals surface area contributed by atoms with Crippen molar-refractivity contribution in [3.63, 3.8) is 0 Å². The summed E-state index contributed by atoms with van der Waals surface area (Å²) in [5.41, 5.74) is 7.16.